The Balaban J connectivity index is 2.29. The smallest absolute Gasteiger partial charge is 0.232 e. The molecule has 1 aromatic heterocycles. The van der Waals surface area contributed by atoms with Crippen molar-refractivity contribution in [1.29, 1.82) is 0 Å². The third-order valence-corrected chi connectivity index (χ3v) is 1.74. The highest BCUT2D eigenvalue weighted by atomic mass is 16.5. The minimum Gasteiger partial charge on any atom is -0.480 e. The van der Waals surface area contributed by atoms with Crippen LogP contribution in [0.3, 0.4) is 0 Å². The van der Waals surface area contributed by atoms with Gasteiger partial charge >= 0.3 is 0 Å². The molecule has 1 aliphatic rings. The molecule has 1 aliphatic heterocycles. The van der Waals surface area contributed by atoms with Crippen molar-refractivity contribution in [2.24, 2.45) is 4.99 Å². The number of methoxy groups -OCH3 is 1. The van der Waals surface area contributed by atoms with Crippen LogP contribution < -0.4 is 10.1 Å². The number of nitrogens with one attached hydrogen (secondary N) is 1. The van der Waals surface area contributed by atoms with Crippen LogP contribution in [0, 0.1) is 0 Å². The second-order valence-electron chi connectivity index (χ2n) is 2.60. The molecule has 0 bridgehead atoms. The fourth-order valence-electron chi connectivity index (χ4n) is 1.13. The van der Waals surface area contributed by atoms with Crippen molar-refractivity contribution in [3.8, 4) is 5.88 Å². The fraction of sp³-hybridized carbons (Fsp3) is 0.375. The number of ether oxygens (including phenoxy) is 1. The van der Waals surface area contributed by atoms with Crippen molar-refractivity contribution in [1.82, 2.24) is 15.3 Å². The highest BCUT2D eigenvalue weighted by Gasteiger charge is 2.09. The van der Waals surface area contributed by atoms with E-state index in [1.807, 2.05) is 0 Å². The number of amidine groups is 1. The van der Waals surface area contributed by atoms with Crippen molar-refractivity contribution >= 4 is 5.84 Å². The molecular weight excluding hydrogens is 168 g/mol. The number of hydrogen-bond acceptors (Lipinski definition) is 5. The summed E-state index contributed by atoms with van der Waals surface area (Å²) in [5.74, 6) is 1.31. The van der Waals surface area contributed by atoms with Gasteiger partial charge in [-0.1, -0.05) is 0 Å². The summed E-state index contributed by atoms with van der Waals surface area (Å²) in [4.78, 5) is 12.4. The lowest BCUT2D eigenvalue weighted by Gasteiger charge is -2.02. The van der Waals surface area contributed by atoms with Gasteiger partial charge in [0.1, 0.15) is 11.5 Å². The zero-order valence-corrected chi connectivity index (χ0v) is 7.32. The average molecular weight is 178 g/mol. The summed E-state index contributed by atoms with van der Waals surface area (Å²) < 4.78 is 4.96. The van der Waals surface area contributed by atoms with Crippen molar-refractivity contribution < 1.29 is 4.74 Å². The maximum atomic E-state index is 4.96. The van der Waals surface area contributed by atoms with Crippen LogP contribution in [0.1, 0.15) is 5.69 Å². The van der Waals surface area contributed by atoms with Gasteiger partial charge in [-0.25, -0.2) is 4.98 Å². The molecule has 0 saturated heterocycles. The van der Waals surface area contributed by atoms with E-state index in [0.717, 1.165) is 24.6 Å². The molecule has 1 N–H and O–H groups in total. The fourth-order valence-corrected chi connectivity index (χ4v) is 1.13. The lowest BCUT2D eigenvalue weighted by Crippen LogP contribution is -2.20. The Bertz CT molecular complexity index is 337. The Kier molecular flexibility index (Phi) is 2.08. The van der Waals surface area contributed by atoms with Gasteiger partial charge in [0.15, 0.2) is 0 Å². The molecular formula is C8H10N4O. The summed E-state index contributed by atoms with van der Waals surface area (Å²) >= 11 is 0. The molecule has 0 amide bonds. The predicted molar refractivity (Wildman–Crippen MR) is 48.0 cm³/mol. The van der Waals surface area contributed by atoms with Gasteiger partial charge in [0.2, 0.25) is 5.88 Å². The van der Waals surface area contributed by atoms with Gasteiger partial charge in [-0.3, -0.25) is 9.98 Å². The quantitative estimate of drug-likeness (QED) is 0.683. The summed E-state index contributed by atoms with van der Waals surface area (Å²) in [7, 11) is 1.57. The van der Waals surface area contributed by atoms with E-state index in [2.05, 4.69) is 20.3 Å². The van der Waals surface area contributed by atoms with Crippen LogP contribution >= 0.6 is 0 Å². The van der Waals surface area contributed by atoms with E-state index < -0.39 is 0 Å². The Morgan fingerprint density at radius 1 is 1.46 bits per heavy atom. The van der Waals surface area contributed by atoms with E-state index in [1.165, 1.54) is 0 Å². The molecule has 1 aromatic rings. The van der Waals surface area contributed by atoms with Gasteiger partial charge in [0.25, 0.3) is 0 Å². The molecule has 2 heterocycles. The summed E-state index contributed by atoms with van der Waals surface area (Å²) in [5, 5.41) is 3.12. The molecule has 2 rings (SSSR count). The van der Waals surface area contributed by atoms with Crippen LogP contribution in [0.25, 0.3) is 0 Å². The molecule has 0 unspecified atom stereocenters. The highest BCUT2D eigenvalue weighted by molar-refractivity contribution is 5.97. The van der Waals surface area contributed by atoms with Crippen molar-refractivity contribution in [2.75, 3.05) is 20.2 Å². The van der Waals surface area contributed by atoms with Crippen molar-refractivity contribution in [3.63, 3.8) is 0 Å². The largest absolute Gasteiger partial charge is 0.480 e. The molecule has 5 heteroatoms. The molecule has 0 fully saturated rings. The first-order chi connectivity index (χ1) is 6.40. The summed E-state index contributed by atoms with van der Waals surface area (Å²) in [6.45, 7) is 1.67. The van der Waals surface area contributed by atoms with Gasteiger partial charge in [0, 0.05) is 6.54 Å². The zero-order chi connectivity index (χ0) is 9.10. The number of hydrogen-bond donors (Lipinski definition) is 1. The van der Waals surface area contributed by atoms with E-state index in [-0.39, 0.29) is 0 Å². The number of rotatable bonds is 2. The molecule has 0 aliphatic carbocycles. The van der Waals surface area contributed by atoms with Gasteiger partial charge in [-0.05, 0) is 0 Å². The Morgan fingerprint density at radius 3 is 3.08 bits per heavy atom. The average Bonchev–Trinajstić information content (AvgIpc) is 2.71. The molecule has 0 saturated carbocycles. The lowest BCUT2D eigenvalue weighted by atomic mass is 10.4. The van der Waals surface area contributed by atoms with E-state index in [0.29, 0.717) is 5.88 Å². The Labute approximate surface area is 75.9 Å². The van der Waals surface area contributed by atoms with Crippen molar-refractivity contribution in [2.45, 2.75) is 0 Å². The maximum absolute atomic E-state index is 4.96. The summed E-state index contributed by atoms with van der Waals surface area (Å²) in [6.07, 6.45) is 3.23. The molecule has 13 heavy (non-hydrogen) atoms. The third-order valence-electron chi connectivity index (χ3n) is 1.74. The number of aliphatic imine (C=N–C) groups is 1. The van der Waals surface area contributed by atoms with E-state index in [4.69, 9.17) is 4.74 Å². The van der Waals surface area contributed by atoms with Gasteiger partial charge in [-0.2, -0.15) is 0 Å². The van der Waals surface area contributed by atoms with E-state index in [9.17, 15) is 0 Å². The minimum atomic E-state index is 0.508. The minimum absolute atomic E-state index is 0.508. The van der Waals surface area contributed by atoms with Gasteiger partial charge < -0.3 is 10.1 Å². The second-order valence-corrected chi connectivity index (χ2v) is 2.60. The first kappa shape index (κ1) is 7.97. The van der Waals surface area contributed by atoms with Crippen LogP contribution in [-0.4, -0.2) is 36.0 Å². The van der Waals surface area contributed by atoms with Crippen LogP contribution in [-0.2, 0) is 0 Å². The van der Waals surface area contributed by atoms with Crippen LogP contribution in [0.4, 0.5) is 0 Å². The maximum Gasteiger partial charge on any atom is 0.232 e. The van der Waals surface area contributed by atoms with Crippen LogP contribution in [0.5, 0.6) is 5.88 Å². The topological polar surface area (TPSA) is 59.4 Å². The Morgan fingerprint density at radius 2 is 2.38 bits per heavy atom. The van der Waals surface area contributed by atoms with Crippen LogP contribution in [0.15, 0.2) is 17.4 Å². The standard InChI is InChI=1S/C8H10N4O/c1-13-7-5-9-4-6(12-7)8-10-2-3-11-8/h4-5H,2-3H2,1H3,(H,10,11). The van der Waals surface area contributed by atoms with E-state index in [1.54, 1.807) is 19.5 Å². The normalized spacial score (nSPS) is 15.0. The summed E-state index contributed by atoms with van der Waals surface area (Å²) in [5.41, 5.74) is 0.733. The molecule has 68 valence electrons. The molecule has 5 nitrogen and oxygen atoms in total. The lowest BCUT2D eigenvalue weighted by molar-refractivity contribution is 0.395. The van der Waals surface area contributed by atoms with Gasteiger partial charge in [-0.15, -0.1) is 0 Å². The SMILES string of the molecule is COc1cncc(C2=NCCN2)n1. The van der Waals surface area contributed by atoms with E-state index >= 15 is 0 Å². The van der Waals surface area contributed by atoms with Crippen molar-refractivity contribution in [3.05, 3.63) is 18.1 Å². The molecule has 0 spiro atoms. The van der Waals surface area contributed by atoms with Crippen LogP contribution in [0.2, 0.25) is 0 Å². The number of aromatic nitrogens is 2. The predicted octanol–water partition coefficient (Wildman–Crippen LogP) is -0.165. The first-order valence-corrected chi connectivity index (χ1v) is 4.05. The molecule has 0 radical (unpaired) electrons. The number of nitrogens with zero attached hydrogens (tertiary/aromatic N) is 3. The molecule has 0 atom stereocenters. The molecule has 0 aromatic carbocycles. The zero-order valence-electron chi connectivity index (χ0n) is 7.32. The monoisotopic (exact) mass is 178 g/mol. The summed E-state index contributed by atoms with van der Waals surface area (Å²) in [6, 6.07) is 0. The highest BCUT2D eigenvalue weighted by Crippen LogP contribution is 2.05. The third kappa shape index (κ3) is 1.58. The van der Waals surface area contributed by atoms with Gasteiger partial charge in [0.05, 0.1) is 26.0 Å². The second kappa shape index (κ2) is 3.38. The Hall–Kier alpha value is -1.65. The first-order valence-electron chi connectivity index (χ1n) is 4.05.